The lowest BCUT2D eigenvalue weighted by molar-refractivity contribution is 0.194. The Labute approximate surface area is 231 Å². The maximum absolute atomic E-state index is 5.39. The molecule has 0 aromatic heterocycles. The highest BCUT2D eigenvalue weighted by Crippen LogP contribution is 2.40. The summed E-state index contributed by atoms with van der Waals surface area (Å²) in [6, 6.07) is 41.6. The molecule has 0 N–H and O–H groups in total. The quantitative estimate of drug-likeness (QED) is 0.227. The molecule has 39 heavy (non-hydrogen) atoms. The van der Waals surface area contributed by atoms with Gasteiger partial charge in [-0.15, -0.1) is 0 Å². The Morgan fingerprint density at radius 1 is 0.538 bits per heavy atom. The SMILES string of the molecule is COc1ccc(-c2ccc3c(c2)-c2cc(-c4ccc(OC)cc4)ccc2CN(C(C)c2ccccc2)C3)cc1. The molecule has 0 spiro atoms. The van der Waals surface area contributed by atoms with E-state index in [4.69, 9.17) is 9.47 Å². The summed E-state index contributed by atoms with van der Waals surface area (Å²) < 4.78 is 10.8. The van der Waals surface area contributed by atoms with Crippen LogP contribution in [0.2, 0.25) is 0 Å². The van der Waals surface area contributed by atoms with Gasteiger partial charge in [-0.3, -0.25) is 4.90 Å². The molecule has 5 aromatic rings. The molecule has 0 aliphatic carbocycles. The Hall–Kier alpha value is -4.34. The largest absolute Gasteiger partial charge is 0.497 e. The van der Waals surface area contributed by atoms with Gasteiger partial charge in [0.15, 0.2) is 0 Å². The molecule has 6 rings (SSSR count). The van der Waals surface area contributed by atoms with Crippen LogP contribution in [0.3, 0.4) is 0 Å². The van der Waals surface area contributed by atoms with Crippen molar-refractivity contribution in [3.63, 3.8) is 0 Å². The third-order valence-corrected chi connectivity index (χ3v) is 7.93. The molecule has 0 saturated heterocycles. The summed E-state index contributed by atoms with van der Waals surface area (Å²) in [4.78, 5) is 2.58. The highest BCUT2D eigenvalue weighted by atomic mass is 16.5. The normalized spacial score (nSPS) is 13.6. The molecule has 0 fully saturated rings. The molecule has 1 aliphatic rings. The molecular weight excluding hydrogens is 478 g/mol. The van der Waals surface area contributed by atoms with Crippen molar-refractivity contribution in [2.45, 2.75) is 26.1 Å². The standard InChI is InChI=1S/C36H33NO2/c1-25(26-7-5-4-6-8-26)37-23-31-11-9-29(27-13-17-33(38-2)18-14-27)21-35(31)36-22-30(10-12-32(36)24-37)28-15-19-34(39-3)20-16-28/h4-22,25H,23-24H2,1-3H3. The van der Waals surface area contributed by atoms with Crippen molar-refractivity contribution in [2.75, 3.05) is 14.2 Å². The molecule has 1 aliphatic heterocycles. The molecule has 1 atom stereocenters. The van der Waals surface area contributed by atoms with Gasteiger partial charge in [-0.05, 0) is 93.4 Å². The van der Waals surface area contributed by atoms with Gasteiger partial charge in [0.1, 0.15) is 11.5 Å². The van der Waals surface area contributed by atoms with Crippen molar-refractivity contribution in [1.82, 2.24) is 4.90 Å². The number of fused-ring (bicyclic) bond motifs is 3. The van der Waals surface area contributed by atoms with Crippen LogP contribution < -0.4 is 9.47 Å². The first-order valence-corrected chi connectivity index (χ1v) is 13.5. The van der Waals surface area contributed by atoms with Gasteiger partial charge in [0.05, 0.1) is 14.2 Å². The zero-order valence-corrected chi connectivity index (χ0v) is 22.7. The summed E-state index contributed by atoms with van der Waals surface area (Å²) in [6.07, 6.45) is 0. The summed E-state index contributed by atoms with van der Waals surface area (Å²) in [6.45, 7) is 4.10. The second kappa shape index (κ2) is 10.8. The maximum Gasteiger partial charge on any atom is 0.118 e. The first-order chi connectivity index (χ1) is 19.1. The third-order valence-electron chi connectivity index (χ3n) is 7.93. The smallest absolute Gasteiger partial charge is 0.118 e. The van der Waals surface area contributed by atoms with Crippen molar-refractivity contribution in [1.29, 1.82) is 0 Å². The number of hydrogen-bond donors (Lipinski definition) is 0. The van der Waals surface area contributed by atoms with Crippen LogP contribution in [0.5, 0.6) is 11.5 Å². The zero-order chi connectivity index (χ0) is 26.8. The molecule has 3 nitrogen and oxygen atoms in total. The third kappa shape index (κ3) is 5.06. The van der Waals surface area contributed by atoms with Crippen LogP contribution in [0.25, 0.3) is 33.4 Å². The minimum Gasteiger partial charge on any atom is -0.497 e. The lowest BCUT2D eigenvalue weighted by atomic mass is 9.90. The van der Waals surface area contributed by atoms with E-state index in [9.17, 15) is 0 Å². The topological polar surface area (TPSA) is 21.7 Å². The van der Waals surface area contributed by atoms with E-state index < -0.39 is 0 Å². The number of hydrogen-bond acceptors (Lipinski definition) is 3. The van der Waals surface area contributed by atoms with Crippen LogP contribution in [0.4, 0.5) is 0 Å². The van der Waals surface area contributed by atoms with Gasteiger partial charge in [0, 0.05) is 19.1 Å². The van der Waals surface area contributed by atoms with E-state index in [1.54, 1.807) is 14.2 Å². The number of benzene rings is 5. The Morgan fingerprint density at radius 3 is 1.41 bits per heavy atom. The summed E-state index contributed by atoms with van der Waals surface area (Å²) in [7, 11) is 3.41. The van der Waals surface area contributed by atoms with Crippen LogP contribution in [0, 0.1) is 0 Å². The summed E-state index contributed by atoms with van der Waals surface area (Å²) in [5.41, 5.74) is 11.4. The van der Waals surface area contributed by atoms with Crippen LogP contribution in [-0.2, 0) is 13.1 Å². The number of nitrogens with zero attached hydrogens (tertiary/aromatic N) is 1. The summed E-state index contributed by atoms with van der Waals surface area (Å²) >= 11 is 0. The highest BCUT2D eigenvalue weighted by Gasteiger charge is 2.24. The van der Waals surface area contributed by atoms with E-state index in [1.165, 1.54) is 50.1 Å². The molecule has 1 unspecified atom stereocenters. The number of methoxy groups -OCH3 is 2. The molecule has 1 heterocycles. The van der Waals surface area contributed by atoms with Crippen molar-refractivity contribution in [3.05, 3.63) is 132 Å². The van der Waals surface area contributed by atoms with Crippen molar-refractivity contribution >= 4 is 0 Å². The Morgan fingerprint density at radius 2 is 0.974 bits per heavy atom. The van der Waals surface area contributed by atoms with Gasteiger partial charge < -0.3 is 9.47 Å². The highest BCUT2D eigenvalue weighted by molar-refractivity contribution is 5.81. The van der Waals surface area contributed by atoms with Crippen LogP contribution >= 0.6 is 0 Å². The predicted molar refractivity (Wildman–Crippen MR) is 160 cm³/mol. The second-order valence-electron chi connectivity index (χ2n) is 10.2. The van der Waals surface area contributed by atoms with Crippen LogP contribution in [0.15, 0.2) is 115 Å². The van der Waals surface area contributed by atoms with E-state index in [1.807, 2.05) is 24.3 Å². The van der Waals surface area contributed by atoms with Gasteiger partial charge in [-0.25, -0.2) is 0 Å². The average Bonchev–Trinajstić information content (AvgIpc) is 3.17. The second-order valence-corrected chi connectivity index (χ2v) is 10.2. The Kier molecular flexibility index (Phi) is 6.91. The van der Waals surface area contributed by atoms with Gasteiger partial charge in [-0.1, -0.05) is 78.9 Å². The zero-order valence-electron chi connectivity index (χ0n) is 22.7. The molecule has 194 valence electrons. The van der Waals surface area contributed by atoms with Crippen molar-refractivity contribution in [2.24, 2.45) is 0 Å². The maximum atomic E-state index is 5.39. The monoisotopic (exact) mass is 511 g/mol. The van der Waals surface area contributed by atoms with Crippen molar-refractivity contribution < 1.29 is 9.47 Å². The molecule has 0 bridgehead atoms. The van der Waals surface area contributed by atoms with E-state index >= 15 is 0 Å². The van der Waals surface area contributed by atoms with Gasteiger partial charge in [-0.2, -0.15) is 0 Å². The molecule has 5 aromatic carbocycles. The van der Waals surface area contributed by atoms with E-state index in [2.05, 4.69) is 103 Å². The summed E-state index contributed by atoms with van der Waals surface area (Å²) in [5, 5.41) is 0. The lowest BCUT2D eigenvalue weighted by Gasteiger charge is -2.28. The first-order valence-electron chi connectivity index (χ1n) is 13.5. The molecular formula is C36H33NO2. The van der Waals surface area contributed by atoms with Gasteiger partial charge >= 0.3 is 0 Å². The minimum atomic E-state index is 0.299. The van der Waals surface area contributed by atoms with Gasteiger partial charge in [0.25, 0.3) is 0 Å². The summed E-state index contributed by atoms with van der Waals surface area (Å²) in [5.74, 6) is 1.74. The first kappa shape index (κ1) is 25.0. The fraction of sp³-hybridized carbons (Fsp3) is 0.167. The Bertz CT molecular complexity index is 1470. The number of ether oxygens (including phenoxy) is 2. The minimum absolute atomic E-state index is 0.299. The molecule has 0 saturated carbocycles. The lowest BCUT2D eigenvalue weighted by Crippen LogP contribution is -2.25. The molecule has 0 radical (unpaired) electrons. The van der Waals surface area contributed by atoms with E-state index in [0.29, 0.717) is 6.04 Å². The predicted octanol–water partition coefficient (Wildman–Crippen LogP) is 8.78. The van der Waals surface area contributed by atoms with E-state index in [-0.39, 0.29) is 0 Å². The number of rotatable bonds is 6. The van der Waals surface area contributed by atoms with Crippen LogP contribution in [-0.4, -0.2) is 19.1 Å². The fourth-order valence-corrected chi connectivity index (χ4v) is 5.57. The van der Waals surface area contributed by atoms with Crippen molar-refractivity contribution in [3.8, 4) is 44.9 Å². The van der Waals surface area contributed by atoms with E-state index in [0.717, 1.165) is 24.6 Å². The Balaban J connectivity index is 1.46. The van der Waals surface area contributed by atoms with Gasteiger partial charge in [0.2, 0.25) is 0 Å². The molecule has 3 heteroatoms. The fourth-order valence-electron chi connectivity index (χ4n) is 5.57. The van der Waals surface area contributed by atoms with Crippen LogP contribution in [0.1, 0.15) is 29.7 Å². The molecule has 0 amide bonds. The average molecular weight is 512 g/mol.